The highest BCUT2D eigenvalue weighted by molar-refractivity contribution is 5.86. The van der Waals surface area contributed by atoms with E-state index in [9.17, 15) is 30.0 Å². The molecule has 4 rings (SSSR count). The third-order valence-electron chi connectivity index (χ3n) is 6.25. The Morgan fingerprint density at radius 1 is 1.08 bits per heavy atom. The van der Waals surface area contributed by atoms with Crippen LogP contribution in [-0.2, 0) is 4.79 Å². The quantitative estimate of drug-likeness (QED) is 0.428. The Bertz CT molecular complexity index is 519. The summed E-state index contributed by atoms with van der Waals surface area (Å²) >= 11 is 0. The van der Waals surface area contributed by atoms with E-state index >= 15 is 0 Å². The summed E-state index contributed by atoms with van der Waals surface area (Å²) in [6, 6.07) is -0.958. The smallest absolute Gasteiger partial charge is 0.405 e. The number of rotatable bonds is 7. The molecule has 0 aromatic rings. The van der Waals surface area contributed by atoms with Crippen LogP contribution in [0.5, 0.6) is 0 Å². The molecule has 8 heteroatoms. The molecule has 0 heterocycles. The van der Waals surface area contributed by atoms with Crippen LogP contribution in [-0.4, -0.2) is 75.3 Å². The molecule has 4 aliphatic carbocycles. The lowest BCUT2D eigenvalue weighted by molar-refractivity contribution is -0.180. The molecular formula is C17H28N2O6. The maximum Gasteiger partial charge on any atom is 0.405 e. The van der Waals surface area contributed by atoms with Crippen LogP contribution in [0.1, 0.15) is 38.5 Å². The van der Waals surface area contributed by atoms with Crippen LogP contribution in [0.2, 0.25) is 0 Å². The Morgan fingerprint density at radius 3 is 2.08 bits per heavy atom. The number of nitrogens with one attached hydrogen (secondary N) is 1. The van der Waals surface area contributed by atoms with Crippen LogP contribution in [0.4, 0.5) is 4.79 Å². The minimum absolute atomic E-state index is 0.0460. The van der Waals surface area contributed by atoms with E-state index in [1.807, 2.05) is 0 Å². The van der Waals surface area contributed by atoms with Gasteiger partial charge in [-0.3, -0.25) is 4.79 Å². The van der Waals surface area contributed by atoms with Crippen molar-refractivity contribution in [3.8, 4) is 0 Å². The highest BCUT2D eigenvalue weighted by Gasteiger charge is 2.61. The molecule has 0 aromatic carbocycles. The van der Waals surface area contributed by atoms with Gasteiger partial charge < -0.3 is 30.6 Å². The van der Waals surface area contributed by atoms with Gasteiger partial charge in [0.1, 0.15) is 6.04 Å². The van der Waals surface area contributed by atoms with Gasteiger partial charge in [0.2, 0.25) is 5.91 Å². The molecule has 2 unspecified atom stereocenters. The molecular weight excluding hydrogens is 328 g/mol. The molecule has 4 bridgehead atoms. The van der Waals surface area contributed by atoms with Crippen LogP contribution in [0, 0.1) is 17.3 Å². The first-order chi connectivity index (χ1) is 11.8. The Labute approximate surface area is 146 Å². The van der Waals surface area contributed by atoms with Gasteiger partial charge in [0.05, 0.1) is 18.8 Å². The lowest BCUT2D eigenvalue weighted by atomic mass is 9.46. The zero-order chi connectivity index (χ0) is 18.2. The second-order valence-electron chi connectivity index (χ2n) is 8.20. The Hall–Kier alpha value is -1.38. The average Bonchev–Trinajstić information content (AvgIpc) is 2.49. The molecule has 142 valence electrons. The monoisotopic (exact) mass is 356 g/mol. The molecule has 0 saturated heterocycles. The molecule has 2 amide bonds. The van der Waals surface area contributed by atoms with Crippen molar-refractivity contribution in [2.24, 2.45) is 17.3 Å². The Kier molecular flexibility index (Phi) is 4.96. The van der Waals surface area contributed by atoms with Gasteiger partial charge in [-0.1, -0.05) is 0 Å². The van der Waals surface area contributed by atoms with Crippen LogP contribution in [0.3, 0.4) is 0 Å². The molecule has 4 saturated carbocycles. The first kappa shape index (κ1) is 18.4. The van der Waals surface area contributed by atoms with E-state index in [-0.39, 0.29) is 26.3 Å². The van der Waals surface area contributed by atoms with Gasteiger partial charge in [-0.25, -0.2) is 4.79 Å². The van der Waals surface area contributed by atoms with Gasteiger partial charge in [-0.2, -0.15) is 0 Å². The fourth-order valence-electron chi connectivity index (χ4n) is 5.98. The summed E-state index contributed by atoms with van der Waals surface area (Å²) in [5.41, 5.74) is -1.39. The van der Waals surface area contributed by atoms with Crippen molar-refractivity contribution in [1.29, 1.82) is 0 Å². The summed E-state index contributed by atoms with van der Waals surface area (Å²) in [5, 5.41) is 41.0. The number of amides is 2. The zero-order valence-electron chi connectivity index (χ0n) is 14.4. The predicted octanol–water partition coefficient (Wildman–Crippen LogP) is -0.233. The maximum atomic E-state index is 13.1. The summed E-state index contributed by atoms with van der Waals surface area (Å²) in [4.78, 5) is 25.8. The minimum Gasteiger partial charge on any atom is -0.465 e. The zero-order valence-corrected chi connectivity index (χ0v) is 14.4. The van der Waals surface area contributed by atoms with Crippen molar-refractivity contribution in [2.45, 2.75) is 50.2 Å². The summed E-state index contributed by atoms with van der Waals surface area (Å²) in [6.07, 6.45) is 3.12. The summed E-state index contributed by atoms with van der Waals surface area (Å²) in [6.45, 7) is -0.420. The molecule has 25 heavy (non-hydrogen) atoms. The number of hydrogen-bond acceptors (Lipinski definition) is 5. The predicted molar refractivity (Wildman–Crippen MR) is 87.8 cm³/mol. The number of hydrogen-bond donors (Lipinski definition) is 5. The SMILES string of the molecule is O=C(O)N[C@H](C(=O)N(CCO)CCO)C12C[C@@H]3C[C@@H](CC(O)(C3)C1)C2. The molecule has 5 N–H and O–H groups in total. The van der Waals surface area contributed by atoms with E-state index in [1.165, 1.54) is 4.90 Å². The lowest BCUT2D eigenvalue weighted by Crippen LogP contribution is -2.66. The van der Waals surface area contributed by atoms with Gasteiger partial charge in [0, 0.05) is 18.5 Å². The van der Waals surface area contributed by atoms with Crippen molar-refractivity contribution in [3.63, 3.8) is 0 Å². The first-order valence-electron chi connectivity index (χ1n) is 9.03. The number of carbonyl (C=O) groups excluding carboxylic acids is 1. The highest BCUT2D eigenvalue weighted by Crippen LogP contribution is 2.62. The molecule has 0 spiro atoms. The third-order valence-corrected chi connectivity index (χ3v) is 6.25. The van der Waals surface area contributed by atoms with E-state index in [1.54, 1.807) is 0 Å². The number of aliphatic hydroxyl groups excluding tert-OH is 2. The summed E-state index contributed by atoms with van der Waals surface area (Å²) < 4.78 is 0. The van der Waals surface area contributed by atoms with Crippen molar-refractivity contribution in [2.75, 3.05) is 26.3 Å². The Morgan fingerprint density at radius 2 is 1.64 bits per heavy atom. The van der Waals surface area contributed by atoms with Crippen LogP contribution in [0.25, 0.3) is 0 Å². The van der Waals surface area contributed by atoms with E-state index in [4.69, 9.17) is 0 Å². The first-order valence-corrected chi connectivity index (χ1v) is 9.03. The summed E-state index contributed by atoms with van der Waals surface area (Å²) in [7, 11) is 0. The highest BCUT2D eigenvalue weighted by atomic mass is 16.4. The summed E-state index contributed by atoms with van der Waals surface area (Å²) in [5.74, 6) is 0.221. The molecule has 4 aliphatic rings. The van der Waals surface area contributed by atoms with Gasteiger partial charge in [0.15, 0.2) is 0 Å². The van der Waals surface area contributed by atoms with Crippen molar-refractivity contribution >= 4 is 12.0 Å². The molecule has 0 radical (unpaired) electrons. The van der Waals surface area contributed by atoms with Gasteiger partial charge in [-0.15, -0.1) is 0 Å². The van der Waals surface area contributed by atoms with Crippen molar-refractivity contribution < 1.29 is 30.0 Å². The second-order valence-corrected chi connectivity index (χ2v) is 8.20. The van der Waals surface area contributed by atoms with Crippen LogP contribution >= 0.6 is 0 Å². The van der Waals surface area contributed by atoms with E-state index in [0.29, 0.717) is 18.3 Å². The molecule has 0 aromatic heterocycles. The molecule has 8 nitrogen and oxygen atoms in total. The number of carboxylic acid groups (broad SMARTS) is 1. The number of aliphatic hydroxyl groups is 3. The van der Waals surface area contributed by atoms with Crippen LogP contribution in [0.15, 0.2) is 0 Å². The third kappa shape index (κ3) is 3.47. The lowest BCUT2D eigenvalue weighted by Gasteiger charge is -2.62. The minimum atomic E-state index is -1.27. The topological polar surface area (TPSA) is 130 Å². The Balaban J connectivity index is 1.90. The molecule has 4 fully saturated rings. The van der Waals surface area contributed by atoms with Crippen molar-refractivity contribution in [1.82, 2.24) is 10.2 Å². The number of nitrogens with zero attached hydrogens (tertiary/aromatic N) is 1. The van der Waals surface area contributed by atoms with Gasteiger partial charge in [0.25, 0.3) is 0 Å². The van der Waals surface area contributed by atoms with E-state index in [0.717, 1.165) is 32.1 Å². The number of carbonyl (C=O) groups is 2. The van der Waals surface area contributed by atoms with Gasteiger partial charge in [-0.05, 0) is 50.4 Å². The fraction of sp³-hybridized carbons (Fsp3) is 0.882. The normalized spacial score (nSPS) is 36.9. The van der Waals surface area contributed by atoms with E-state index < -0.39 is 29.1 Å². The molecule has 0 aliphatic heterocycles. The fourth-order valence-corrected chi connectivity index (χ4v) is 5.98. The van der Waals surface area contributed by atoms with Crippen molar-refractivity contribution in [3.05, 3.63) is 0 Å². The second kappa shape index (κ2) is 6.74. The molecule has 5 atom stereocenters. The largest absolute Gasteiger partial charge is 0.465 e. The van der Waals surface area contributed by atoms with Crippen LogP contribution < -0.4 is 5.32 Å². The van der Waals surface area contributed by atoms with Gasteiger partial charge >= 0.3 is 6.09 Å². The average molecular weight is 356 g/mol. The maximum absolute atomic E-state index is 13.1. The standard InChI is InChI=1S/C17H28N2O6/c20-3-1-19(2-4-21)14(22)13(18-15(23)24)16-6-11-5-12(7-16)9-17(25,8-11)10-16/h11-13,18,20-21,25H,1-10H2,(H,23,24)/t11-,12+,13-,16?,17?/m1/s1. The van der Waals surface area contributed by atoms with E-state index in [2.05, 4.69) is 5.32 Å².